The average Bonchev–Trinajstić information content (AvgIpc) is 1.85. The molecule has 12 heavy (non-hydrogen) atoms. The van der Waals surface area contributed by atoms with E-state index in [1.807, 2.05) is 0 Å². The first-order chi connectivity index (χ1) is 5.06. The summed E-state index contributed by atoms with van der Waals surface area (Å²) in [6, 6.07) is 0. The molecule has 0 heterocycles. The van der Waals surface area contributed by atoms with Gasteiger partial charge in [0.25, 0.3) is 0 Å². The fraction of sp³-hybridized carbons (Fsp3) is 1.00. The largest absolute Gasteiger partial charge is 0.411 e. The molecule has 0 rings (SSSR count). The Kier molecular flexibility index (Phi) is 9.24. The van der Waals surface area contributed by atoms with E-state index in [-0.39, 0.29) is 19.0 Å². The van der Waals surface area contributed by atoms with Crippen LogP contribution in [0.2, 0.25) is 0 Å². The molecule has 0 atom stereocenters. The minimum absolute atomic E-state index is 0. The Bertz CT molecular complexity index is 99.3. The van der Waals surface area contributed by atoms with Crippen molar-refractivity contribution in [2.45, 2.75) is 19.0 Å². The van der Waals surface area contributed by atoms with Crippen molar-refractivity contribution in [2.75, 3.05) is 19.8 Å². The van der Waals surface area contributed by atoms with Crippen LogP contribution in [0.3, 0.4) is 0 Å². The molecule has 0 saturated carbocycles. The maximum atomic E-state index is 11.4. The van der Waals surface area contributed by atoms with Crippen LogP contribution in [0.1, 0.15) is 12.8 Å². The van der Waals surface area contributed by atoms with Gasteiger partial charge in [0, 0.05) is 6.61 Å². The SMILES string of the molecule is Cl.NCCCCOCC(F)(F)F. The fourth-order valence-corrected chi connectivity index (χ4v) is 0.536. The van der Waals surface area contributed by atoms with E-state index in [0.29, 0.717) is 19.4 Å². The number of hydrogen-bond donors (Lipinski definition) is 1. The molecule has 76 valence electrons. The van der Waals surface area contributed by atoms with Gasteiger partial charge in [-0.2, -0.15) is 13.2 Å². The highest BCUT2D eigenvalue weighted by atomic mass is 35.5. The first kappa shape index (κ1) is 14.5. The molecule has 0 radical (unpaired) electrons. The van der Waals surface area contributed by atoms with Crippen LogP contribution < -0.4 is 5.73 Å². The molecule has 0 aliphatic heterocycles. The summed E-state index contributed by atoms with van der Waals surface area (Å²) in [5.41, 5.74) is 5.12. The van der Waals surface area contributed by atoms with Crippen LogP contribution in [0.15, 0.2) is 0 Å². The Morgan fingerprint density at radius 1 is 1.17 bits per heavy atom. The second-order valence-electron chi connectivity index (χ2n) is 2.16. The maximum Gasteiger partial charge on any atom is 0.411 e. The number of halogens is 4. The third-order valence-corrected chi connectivity index (χ3v) is 1.01. The van der Waals surface area contributed by atoms with Crippen LogP contribution >= 0.6 is 12.4 Å². The van der Waals surface area contributed by atoms with Crippen LogP contribution in [0, 0.1) is 0 Å². The molecule has 0 aliphatic rings. The summed E-state index contributed by atoms with van der Waals surface area (Å²) in [6.07, 6.45) is -2.91. The summed E-state index contributed by atoms with van der Waals surface area (Å²) in [6.45, 7) is -0.524. The molecule has 0 aromatic carbocycles. The summed E-state index contributed by atoms with van der Waals surface area (Å²) >= 11 is 0. The van der Waals surface area contributed by atoms with E-state index in [9.17, 15) is 13.2 Å². The van der Waals surface area contributed by atoms with E-state index >= 15 is 0 Å². The monoisotopic (exact) mass is 207 g/mol. The molecule has 2 N–H and O–H groups in total. The van der Waals surface area contributed by atoms with Crippen molar-refractivity contribution in [3.63, 3.8) is 0 Å². The summed E-state index contributed by atoms with van der Waals surface area (Å²) in [7, 11) is 0. The second-order valence-corrected chi connectivity index (χ2v) is 2.16. The lowest BCUT2D eigenvalue weighted by Gasteiger charge is -2.06. The number of unbranched alkanes of at least 4 members (excludes halogenated alkanes) is 1. The van der Waals surface area contributed by atoms with Crippen LogP contribution in [0.4, 0.5) is 13.2 Å². The topological polar surface area (TPSA) is 35.2 Å². The number of ether oxygens (including phenoxy) is 1. The summed E-state index contributed by atoms with van der Waals surface area (Å²) < 4.78 is 38.6. The van der Waals surface area contributed by atoms with Gasteiger partial charge in [-0.3, -0.25) is 0 Å². The van der Waals surface area contributed by atoms with E-state index in [1.54, 1.807) is 0 Å². The zero-order valence-corrected chi connectivity index (χ0v) is 7.38. The molecule has 0 aliphatic carbocycles. The smallest absolute Gasteiger partial charge is 0.372 e. The number of rotatable bonds is 5. The minimum Gasteiger partial charge on any atom is -0.372 e. The van der Waals surface area contributed by atoms with Gasteiger partial charge in [-0.25, -0.2) is 0 Å². The van der Waals surface area contributed by atoms with Gasteiger partial charge in [0.1, 0.15) is 6.61 Å². The van der Waals surface area contributed by atoms with Gasteiger partial charge in [-0.05, 0) is 19.4 Å². The molecule has 6 heteroatoms. The first-order valence-electron chi connectivity index (χ1n) is 3.41. The highest BCUT2D eigenvalue weighted by molar-refractivity contribution is 5.85. The summed E-state index contributed by atoms with van der Waals surface area (Å²) in [5, 5.41) is 0. The Balaban J connectivity index is 0. The molecular formula is C6H13ClF3NO. The van der Waals surface area contributed by atoms with Gasteiger partial charge in [0.2, 0.25) is 0 Å². The molecule has 0 unspecified atom stereocenters. The molecule has 2 nitrogen and oxygen atoms in total. The van der Waals surface area contributed by atoms with Crippen LogP contribution in [-0.2, 0) is 4.74 Å². The second kappa shape index (κ2) is 7.64. The van der Waals surface area contributed by atoms with Crippen molar-refractivity contribution in [3.05, 3.63) is 0 Å². The molecule has 0 bridgehead atoms. The zero-order chi connectivity index (χ0) is 8.74. The van der Waals surface area contributed by atoms with Crippen molar-refractivity contribution in [2.24, 2.45) is 5.73 Å². The van der Waals surface area contributed by atoms with Gasteiger partial charge < -0.3 is 10.5 Å². The molecule has 0 amide bonds. The maximum absolute atomic E-state index is 11.4. The predicted octanol–water partition coefficient (Wildman–Crippen LogP) is 1.73. The summed E-state index contributed by atoms with van der Waals surface area (Å²) in [4.78, 5) is 0. The highest BCUT2D eigenvalue weighted by Crippen LogP contribution is 2.14. The van der Waals surface area contributed by atoms with Crippen molar-refractivity contribution in [3.8, 4) is 0 Å². The van der Waals surface area contributed by atoms with E-state index in [1.165, 1.54) is 0 Å². The van der Waals surface area contributed by atoms with Gasteiger partial charge in [0.15, 0.2) is 0 Å². The quantitative estimate of drug-likeness (QED) is 0.697. The molecular weight excluding hydrogens is 195 g/mol. The van der Waals surface area contributed by atoms with Gasteiger partial charge in [0.05, 0.1) is 0 Å². The van der Waals surface area contributed by atoms with E-state index in [0.717, 1.165) is 0 Å². The lowest BCUT2D eigenvalue weighted by atomic mass is 10.3. The zero-order valence-electron chi connectivity index (χ0n) is 6.56. The predicted molar refractivity (Wildman–Crippen MR) is 42.4 cm³/mol. The van der Waals surface area contributed by atoms with Crippen molar-refractivity contribution >= 4 is 12.4 Å². The third-order valence-electron chi connectivity index (χ3n) is 1.01. The van der Waals surface area contributed by atoms with Crippen LogP contribution in [0.5, 0.6) is 0 Å². The van der Waals surface area contributed by atoms with Gasteiger partial charge in [-0.15, -0.1) is 12.4 Å². The third kappa shape index (κ3) is 12.7. The Labute approximate surface area is 75.7 Å². The molecule has 0 spiro atoms. The van der Waals surface area contributed by atoms with Gasteiger partial charge in [-0.1, -0.05) is 0 Å². The standard InChI is InChI=1S/C6H12F3NO.ClH/c7-6(8,9)5-11-4-2-1-3-10;/h1-5,10H2;1H. The van der Waals surface area contributed by atoms with E-state index in [4.69, 9.17) is 5.73 Å². The highest BCUT2D eigenvalue weighted by Gasteiger charge is 2.26. The Morgan fingerprint density at radius 2 is 1.75 bits per heavy atom. The first-order valence-corrected chi connectivity index (χ1v) is 3.41. The van der Waals surface area contributed by atoms with Crippen molar-refractivity contribution in [1.29, 1.82) is 0 Å². The van der Waals surface area contributed by atoms with Crippen LogP contribution in [-0.4, -0.2) is 25.9 Å². The van der Waals surface area contributed by atoms with Gasteiger partial charge >= 0.3 is 6.18 Å². The van der Waals surface area contributed by atoms with E-state index < -0.39 is 12.8 Å². The lowest BCUT2D eigenvalue weighted by molar-refractivity contribution is -0.174. The minimum atomic E-state index is -4.21. The summed E-state index contributed by atoms with van der Waals surface area (Å²) in [5.74, 6) is 0. The van der Waals surface area contributed by atoms with Crippen molar-refractivity contribution < 1.29 is 17.9 Å². The number of nitrogens with two attached hydrogens (primary N) is 1. The van der Waals surface area contributed by atoms with Crippen molar-refractivity contribution in [1.82, 2.24) is 0 Å². The fourth-order valence-electron chi connectivity index (χ4n) is 0.536. The average molecular weight is 208 g/mol. The Morgan fingerprint density at radius 3 is 2.17 bits per heavy atom. The number of alkyl halides is 3. The van der Waals surface area contributed by atoms with E-state index in [2.05, 4.69) is 4.74 Å². The Hall–Kier alpha value is -0.0000000000000000555. The van der Waals surface area contributed by atoms with Crippen LogP contribution in [0.25, 0.3) is 0 Å². The lowest BCUT2D eigenvalue weighted by Crippen LogP contribution is -2.17. The number of hydrogen-bond acceptors (Lipinski definition) is 2. The normalized spacial score (nSPS) is 11.0. The molecule has 0 fully saturated rings. The molecule has 0 aromatic rings. The molecule has 0 saturated heterocycles. The molecule has 0 aromatic heterocycles.